The molecular formula is C25H27N7O2. The van der Waals surface area contributed by atoms with Crippen molar-refractivity contribution in [1.29, 1.82) is 0 Å². The number of carbonyl (C=O) groups excluding carboxylic acids is 1. The highest BCUT2D eigenvalue weighted by Crippen LogP contribution is 2.39. The molecular weight excluding hydrogens is 430 g/mol. The summed E-state index contributed by atoms with van der Waals surface area (Å²) in [7, 11) is 1.68. The highest BCUT2D eigenvalue weighted by Gasteiger charge is 2.26. The fourth-order valence-corrected chi connectivity index (χ4v) is 4.05. The quantitative estimate of drug-likeness (QED) is 0.474. The molecule has 9 heteroatoms. The number of hydrogen-bond acceptors (Lipinski definition) is 5. The molecule has 0 atom stereocenters. The van der Waals surface area contributed by atoms with Gasteiger partial charge >= 0.3 is 0 Å². The van der Waals surface area contributed by atoms with Crippen LogP contribution < -0.4 is 10.9 Å². The van der Waals surface area contributed by atoms with Crippen LogP contribution >= 0.6 is 0 Å². The molecule has 3 heterocycles. The van der Waals surface area contributed by atoms with Crippen molar-refractivity contribution >= 4 is 11.6 Å². The summed E-state index contributed by atoms with van der Waals surface area (Å²) >= 11 is 0. The van der Waals surface area contributed by atoms with Gasteiger partial charge in [-0.2, -0.15) is 0 Å². The molecule has 5 rings (SSSR count). The van der Waals surface area contributed by atoms with Gasteiger partial charge in [-0.15, -0.1) is 10.2 Å². The minimum Gasteiger partial charge on any atom is -0.322 e. The maximum atomic E-state index is 13.2. The molecule has 1 aliphatic carbocycles. The number of rotatable bonds is 6. The lowest BCUT2D eigenvalue weighted by molar-refractivity contribution is 0.102. The fourth-order valence-electron chi connectivity index (χ4n) is 4.05. The normalized spacial score (nSPS) is 13.4. The van der Waals surface area contributed by atoms with E-state index in [9.17, 15) is 9.59 Å². The molecule has 9 nitrogen and oxygen atoms in total. The van der Waals surface area contributed by atoms with Crippen molar-refractivity contribution in [2.75, 3.05) is 5.32 Å². The van der Waals surface area contributed by atoms with Gasteiger partial charge in [-0.05, 0) is 51.8 Å². The van der Waals surface area contributed by atoms with Crippen molar-refractivity contribution in [3.63, 3.8) is 0 Å². The van der Waals surface area contributed by atoms with E-state index in [0.29, 0.717) is 17.4 Å². The van der Waals surface area contributed by atoms with Gasteiger partial charge in [-0.25, -0.2) is 4.98 Å². The van der Waals surface area contributed by atoms with E-state index in [1.807, 2.05) is 40.5 Å². The Morgan fingerprint density at radius 2 is 1.97 bits per heavy atom. The van der Waals surface area contributed by atoms with E-state index in [1.54, 1.807) is 31.8 Å². The molecule has 0 saturated heterocycles. The van der Waals surface area contributed by atoms with Gasteiger partial charge in [-0.1, -0.05) is 12.1 Å². The van der Waals surface area contributed by atoms with E-state index >= 15 is 0 Å². The minimum atomic E-state index is -0.466. The summed E-state index contributed by atoms with van der Waals surface area (Å²) in [5.41, 5.74) is 3.68. The average Bonchev–Trinajstić information content (AvgIpc) is 3.33. The Morgan fingerprint density at radius 3 is 2.71 bits per heavy atom. The van der Waals surface area contributed by atoms with E-state index in [1.165, 1.54) is 4.57 Å². The summed E-state index contributed by atoms with van der Waals surface area (Å²) in [6.45, 7) is 5.97. The van der Waals surface area contributed by atoms with Crippen LogP contribution in [0.2, 0.25) is 0 Å². The van der Waals surface area contributed by atoms with E-state index in [4.69, 9.17) is 0 Å². The molecule has 1 aromatic carbocycles. The Hall–Kier alpha value is -4.01. The number of anilines is 1. The summed E-state index contributed by atoms with van der Waals surface area (Å²) in [5.74, 6) is 0.767. The highest BCUT2D eigenvalue weighted by atomic mass is 16.2. The van der Waals surface area contributed by atoms with Crippen LogP contribution in [-0.4, -0.2) is 34.8 Å². The van der Waals surface area contributed by atoms with Gasteiger partial charge < -0.3 is 19.0 Å². The molecule has 34 heavy (non-hydrogen) atoms. The van der Waals surface area contributed by atoms with Crippen LogP contribution in [0.3, 0.4) is 0 Å². The van der Waals surface area contributed by atoms with Gasteiger partial charge in [0.15, 0.2) is 5.82 Å². The van der Waals surface area contributed by atoms with Crippen molar-refractivity contribution in [2.45, 2.75) is 45.6 Å². The minimum absolute atomic E-state index is 0.0699. The number of pyridine rings is 1. The van der Waals surface area contributed by atoms with Gasteiger partial charge in [-0.3, -0.25) is 9.59 Å². The number of benzene rings is 1. The maximum absolute atomic E-state index is 13.2. The van der Waals surface area contributed by atoms with Crippen LogP contribution in [0.5, 0.6) is 0 Å². The second-order valence-electron chi connectivity index (χ2n) is 9.06. The Morgan fingerprint density at radius 1 is 1.18 bits per heavy atom. The first-order valence-electron chi connectivity index (χ1n) is 11.4. The van der Waals surface area contributed by atoms with E-state index in [-0.39, 0.29) is 17.2 Å². The second kappa shape index (κ2) is 8.40. The van der Waals surface area contributed by atoms with Gasteiger partial charge in [0.1, 0.15) is 11.9 Å². The number of aromatic nitrogens is 6. The zero-order valence-electron chi connectivity index (χ0n) is 19.7. The first kappa shape index (κ1) is 21.8. The molecule has 3 aromatic heterocycles. The van der Waals surface area contributed by atoms with Gasteiger partial charge in [0.25, 0.3) is 11.5 Å². The molecule has 1 N–H and O–H groups in total. The summed E-state index contributed by atoms with van der Waals surface area (Å²) in [6.07, 6.45) is 7.73. The number of amides is 1. The number of nitrogens with one attached hydrogen (secondary N) is 1. The van der Waals surface area contributed by atoms with E-state index in [2.05, 4.69) is 34.3 Å². The third-order valence-corrected chi connectivity index (χ3v) is 6.32. The summed E-state index contributed by atoms with van der Waals surface area (Å²) in [6, 6.07) is 9.21. The second-order valence-corrected chi connectivity index (χ2v) is 9.06. The van der Waals surface area contributed by atoms with Crippen molar-refractivity contribution in [1.82, 2.24) is 28.9 Å². The molecule has 0 unspecified atom stereocenters. The van der Waals surface area contributed by atoms with Crippen molar-refractivity contribution in [2.24, 2.45) is 7.05 Å². The van der Waals surface area contributed by atoms with Gasteiger partial charge in [0, 0.05) is 42.1 Å². The zero-order valence-corrected chi connectivity index (χ0v) is 19.7. The third kappa shape index (κ3) is 3.93. The molecule has 174 valence electrons. The number of nitrogens with zero attached hydrogens (tertiary/aromatic N) is 6. The van der Waals surface area contributed by atoms with Crippen molar-refractivity contribution < 1.29 is 4.79 Å². The third-order valence-electron chi connectivity index (χ3n) is 6.32. The number of hydrogen-bond donors (Lipinski definition) is 1. The monoisotopic (exact) mass is 457 g/mol. The SMILES string of the molecule is Cc1c(-n2cnc(C3CC3)c2)cc(C(=O)Nc2cccc(-c3nncn3C(C)C)c2)c(=O)n1C. The molecule has 1 fully saturated rings. The van der Waals surface area contributed by atoms with Crippen LogP contribution in [0.15, 0.2) is 54.0 Å². The maximum Gasteiger partial charge on any atom is 0.263 e. The fraction of sp³-hybridized carbons (Fsp3) is 0.320. The molecule has 0 aliphatic heterocycles. The first-order valence-corrected chi connectivity index (χ1v) is 11.4. The lowest BCUT2D eigenvalue weighted by Crippen LogP contribution is -2.30. The number of imidazole rings is 1. The molecule has 0 radical (unpaired) electrons. The smallest absolute Gasteiger partial charge is 0.263 e. The standard InChI is InChI=1S/C25H27N7O2/c1-15(2)32-14-27-29-23(32)18-6-5-7-19(10-18)28-24(33)20-11-22(16(3)30(4)25(20)34)31-12-21(26-13-31)17-8-9-17/h5-7,10-15,17H,8-9H2,1-4H3,(H,28,33). The highest BCUT2D eigenvalue weighted by molar-refractivity contribution is 6.04. The summed E-state index contributed by atoms with van der Waals surface area (Å²) in [5, 5.41) is 11.1. The lowest BCUT2D eigenvalue weighted by Gasteiger charge is -2.14. The van der Waals surface area contributed by atoms with Crippen LogP contribution in [0, 0.1) is 6.92 Å². The van der Waals surface area contributed by atoms with Gasteiger partial charge in [0.2, 0.25) is 0 Å². The van der Waals surface area contributed by atoms with Crippen LogP contribution in [0.1, 0.15) is 60.4 Å². The molecule has 0 spiro atoms. The van der Waals surface area contributed by atoms with Crippen LogP contribution in [0.4, 0.5) is 5.69 Å². The molecule has 0 bridgehead atoms. The van der Waals surface area contributed by atoms with Crippen LogP contribution in [-0.2, 0) is 7.05 Å². The predicted octanol–water partition coefficient (Wildman–Crippen LogP) is 3.85. The average molecular weight is 458 g/mol. The molecule has 4 aromatic rings. The van der Waals surface area contributed by atoms with Crippen molar-refractivity contribution in [3.05, 3.63) is 76.5 Å². The van der Waals surface area contributed by atoms with Crippen molar-refractivity contribution in [3.8, 4) is 17.1 Å². The Balaban J connectivity index is 1.46. The largest absolute Gasteiger partial charge is 0.322 e. The molecule has 1 saturated carbocycles. The predicted molar refractivity (Wildman–Crippen MR) is 129 cm³/mol. The Labute approximate surface area is 197 Å². The van der Waals surface area contributed by atoms with E-state index in [0.717, 1.165) is 35.5 Å². The van der Waals surface area contributed by atoms with E-state index < -0.39 is 5.91 Å². The van der Waals surface area contributed by atoms with Gasteiger partial charge in [0.05, 0.1) is 17.7 Å². The number of carbonyl (C=O) groups is 1. The summed E-state index contributed by atoms with van der Waals surface area (Å²) in [4.78, 5) is 30.7. The summed E-state index contributed by atoms with van der Waals surface area (Å²) < 4.78 is 5.35. The van der Waals surface area contributed by atoms with Crippen LogP contribution in [0.25, 0.3) is 17.1 Å². The molecule has 1 amide bonds. The Bertz CT molecular complexity index is 1440. The Kier molecular flexibility index (Phi) is 5.39. The topological polar surface area (TPSA) is 99.6 Å². The lowest BCUT2D eigenvalue weighted by atomic mass is 10.1. The zero-order chi connectivity index (χ0) is 24.0. The first-order chi connectivity index (χ1) is 16.3. The molecule has 1 aliphatic rings.